The van der Waals surface area contributed by atoms with E-state index in [2.05, 4.69) is 20.8 Å². The lowest BCUT2D eigenvalue weighted by atomic mass is 9.99. The summed E-state index contributed by atoms with van der Waals surface area (Å²) >= 11 is 0. The minimum absolute atomic E-state index is 0.331. The number of imidazole rings is 1. The first kappa shape index (κ1) is 25.4. The summed E-state index contributed by atoms with van der Waals surface area (Å²) in [5.41, 5.74) is 5.39. The summed E-state index contributed by atoms with van der Waals surface area (Å²) in [6.07, 6.45) is 6.20. The Bertz CT molecular complexity index is 1840. The van der Waals surface area contributed by atoms with Gasteiger partial charge in [-0.3, -0.25) is 8.97 Å². The van der Waals surface area contributed by atoms with Gasteiger partial charge < -0.3 is 14.1 Å². The molecule has 0 N–H and O–H groups in total. The Morgan fingerprint density at radius 3 is 2.85 bits per heavy atom. The summed E-state index contributed by atoms with van der Waals surface area (Å²) in [6.45, 7) is 10.5. The normalized spacial score (nSPS) is 15.7. The number of rotatable bonds is 7. The third kappa shape index (κ3) is 4.70. The van der Waals surface area contributed by atoms with Crippen molar-refractivity contribution >= 4 is 22.4 Å². The summed E-state index contributed by atoms with van der Waals surface area (Å²) < 4.78 is 15.1. The van der Waals surface area contributed by atoms with Gasteiger partial charge in [0.25, 0.3) is 0 Å². The Morgan fingerprint density at radius 2 is 2.05 bits per heavy atom. The first-order valence-electron chi connectivity index (χ1n) is 13.2. The van der Waals surface area contributed by atoms with Crippen LogP contribution in [0.2, 0.25) is 0 Å². The molecule has 1 fully saturated rings. The number of ether oxygens (including phenoxy) is 1. The van der Waals surface area contributed by atoms with E-state index < -0.39 is 5.76 Å². The van der Waals surface area contributed by atoms with Crippen LogP contribution in [0.1, 0.15) is 19.3 Å². The Balaban J connectivity index is 1.43. The number of benzene rings is 2. The molecule has 1 aliphatic rings. The van der Waals surface area contributed by atoms with Crippen LogP contribution in [0.4, 0.5) is 5.69 Å². The molecule has 4 heterocycles. The van der Waals surface area contributed by atoms with Gasteiger partial charge in [0.2, 0.25) is 0 Å². The number of aromatic nitrogens is 4. The monoisotopic (exact) mass is 533 g/mol. The summed E-state index contributed by atoms with van der Waals surface area (Å²) in [5.74, 6) is -0.0962. The molecule has 5 aromatic rings. The summed E-state index contributed by atoms with van der Waals surface area (Å²) in [6, 6.07) is 15.6. The molecule has 6 rings (SSSR count). The van der Waals surface area contributed by atoms with Gasteiger partial charge in [0.15, 0.2) is 16.9 Å². The van der Waals surface area contributed by atoms with Crippen LogP contribution in [0.15, 0.2) is 64.1 Å². The lowest BCUT2D eigenvalue weighted by molar-refractivity contribution is 0.126. The second-order valence-electron chi connectivity index (χ2n) is 10.0. The van der Waals surface area contributed by atoms with E-state index in [1.807, 2.05) is 40.9 Å². The fourth-order valence-corrected chi connectivity index (χ4v) is 5.40. The standard InChI is InChI=1S/C30H27N7O3/c1-32-23-9-6-21(7-10-23)27-26(22-8-11-24-25(17-22)40-30(38)35(24)2)28-33-13-16-37(28)29(34-27)39-19-20-5-3-14-36(18-20)15-4-12-31/h6-11,13,16-17,20H,3-5,14-15,18-19H2,2H3/t20-/m1/s1. The highest BCUT2D eigenvalue weighted by Gasteiger charge is 2.23. The van der Waals surface area contributed by atoms with Crippen molar-refractivity contribution in [1.82, 2.24) is 23.8 Å². The second kappa shape index (κ2) is 10.7. The van der Waals surface area contributed by atoms with Gasteiger partial charge in [0.1, 0.15) is 0 Å². The molecular formula is C30H27N7O3. The van der Waals surface area contributed by atoms with Crippen LogP contribution < -0.4 is 10.5 Å². The van der Waals surface area contributed by atoms with Crippen LogP contribution in [0.25, 0.3) is 44.0 Å². The number of aryl methyl sites for hydroxylation is 1. The third-order valence-corrected chi connectivity index (χ3v) is 7.46. The average molecular weight is 534 g/mol. The maximum atomic E-state index is 12.1. The van der Waals surface area contributed by atoms with Gasteiger partial charge in [-0.2, -0.15) is 10.2 Å². The van der Waals surface area contributed by atoms with Gasteiger partial charge >= 0.3 is 11.8 Å². The van der Waals surface area contributed by atoms with E-state index in [0.29, 0.717) is 53.1 Å². The van der Waals surface area contributed by atoms with Crippen LogP contribution in [-0.4, -0.2) is 50.1 Å². The molecule has 0 unspecified atom stereocenters. The van der Waals surface area contributed by atoms with Crippen molar-refractivity contribution in [3.8, 4) is 34.5 Å². The number of fused-ring (bicyclic) bond motifs is 2. The second-order valence-corrected chi connectivity index (χ2v) is 10.0. The fourth-order valence-electron chi connectivity index (χ4n) is 5.40. The number of likely N-dealkylation sites (tertiary alicyclic amines) is 1. The van der Waals surface area contributed by atoms with Crippen molar-refractivity contribution in [2.45, 2.75) is 19.3 Å². The van der Waals surface area contributed by atoms with E-state index in [9.17, 15) is 4.79 Å². The molecule has 1 atom stereocenters. The molecule has 1 saturated heterocycles. The molecule has 1 aliphatic heterocycles. The number of nitrogens with zero attached hydrogens (tertiary/aromatic N) is 7. The maximum Gasteiger partial charge on any atom is 0.419 e. The fraction of sp³-hybridized carbons (Fsp3) is 0.300. The molecule has 0 spiro atoms. The van der Waals surface area contributed by atoms with Gasteiger partial charge in [-0.05, 0) is 42.6 Å². The van der Waals surface area contributed by atoms with Gasteiger partial charge in [0.05, 0.1) is 36.0 Å². The molecule has 10 nitrogen and oxygen atoms in total. The van der Waals surface area contributed by atoms with E-state index in [1.165, 1.54) is 4.57 Å². The highest BCUT2D eigenvalue weighted by atomic mass is 16.5. The van der Waals surface area contributed by atoms with Crippen molar-refractivity contribution in [1.29, 1.82) is 5.26 Å². The average Bonchev–Trinajstić information content (AvgIpc) is 3.59. The zero-order chi connectivity index (χ0) is 27.6. The molecule has 0 amide bonds. The quantitative estimate of drug-likeness (QED) is 0.269. The summed E-state index contributed by atoms with van der Waals surface area (Å²) in [7, 11) is 1.67. The van der Waals surface area contributed by atoms with Crippen molar-refractivity contribution in [2.75, 3.05) is 26.2 Å². The lowest BCUT2D eigenvalue weighted by Gasteiger charge is -2.31. The minimum Gasteiger partial charge on any atom is -0.464 e. The molecule has 0 aliphatic carbocycles. The van der Waals surface area contributed by atoms with E-state index in [1.54, 1.807) is 25.4 Å². The number of hydrogen-bond acceptors (Lipinski definition) is 7. The number of hydrogen-bond donors (Lipinski definition) is 0. The van der Waals surface area contributed by atoms with Crippen LogP contribution >= 0.6 is 0 Å². The number of oxazole rings is 1. The highest BCUT2D eigenvalue weighted by Crippen LogP contribution is 2.37. The number of nitriles is 1. The largest absolute Gasteiger partial charge is 0.464 e. The first-order valence-corrected chi connectivity index (χ1v) is 13.2. The van der Waals surface area contributed by atoms with Crippen molar-refractivity contribution < 1.29 is 9.15 Å². The van der Waals surface area contributed by atoms with E-state index >= 15 is 0 Å². The maximum absolute atomic E-state index is 12.1. The molecule has 2 aromatic carbocycles. The molecule has 0 bridgehead atoms. The van der Waals surface area contributed by atoms with Crippen LogP contribution in [-0.2, 0) is 7.05 Å². The lowest BCUT2D eigenvalue weighted by Crippen LogP contribution is -2.38. The molecule has 40 heavy (non-hydrogen) atoms. The predicted molar refractivity (Wildman–Crippen MR) is 150 cm³/mol. The van der Waals surface area contributed by atoms with E-state index in [-0.39, 0.29) is 0 Å². The van der Waals surface area contributed by atoms with Gasteiger partial charge in [-0.25, -0.2) is 14.6 Å². The van der Waals surface area contributed by atoms with Crippen molar-refractivity contribution in [3.63, 3.8) is 0 Å². The Labute approximate surface area is 230 Å². The minimum atomic E-state index is -0.427. The number of piperidine rings is 1. The zero-order valence-corrected chi connectivity index (χ0v) is 22.1. The SMILES string of the molecule is [C-]#[N+]c1ccc(-c2nc(OC[C@@H]3CCCN(CCC#N)C3)n3ccnc3c2-c2ccc3c(c2)oc(=O)n3C)cc1. The molecular weight excluding hydrogens is 506 g/mol. The first-order chi connectivity index (χ1) is 19.6. The van der Waals surface area contributed by atoms with Gasteiger partial charge in [-0.1, -0.05) is 30.3 Å². The van der Waals surface area contributed by atoms with Gasteiger partial charge in [-0.15, -0.1) is 0 Å². The molecule has 0 saturated carbocycles. The van der Waals surface area contributed by atoms with Crippen LogP contribution in [0.3, 0.4) is 0 Å². The smallest absolute Gasteiger partial charge is 0.419 e. The zero-order valence-electron chi connectivity index (χ0n) is 22.1. The van der Waals surface area contributed by atoms with Gasteiger partial charge in [0, 0.05) is 44.9 Å². The van der Waals surface area contributed by atoms with Crippen molar-refractivity contribution in [2.24, 2.45) is 13.0 Å². The summed E-state index contributed by atoms with van der Waals surface area (Å²) in [5, 5.41) is 8.96. The van der Waals surface area contributed by atoms with Crippen LogP contribution in [0.5, 0.6) is 6.01 Å². The summed E-state index contributed by atoms with van der Waals surface area (Å²) in [4.78, 5) is 27.7. The molecule has 3 aromatic heterocycles. The topological polar surface area (TPSA) is 106 Å². The Morgan fingerprint density at radius 1 is 1.23 bits per heavy atom. The predicted octanol–water partition coefficient (Wildman–Crippen LogP) is 5.06. The Kier molecular flexibility index (Phi) is 6.77. The molecule has 10 heteroatoms. The van der Waals surface area contributed by atoms with Crippen LogP contribution in [0, 0.1) is 23.8 Å². The highest BCUT2D eigenvalue weighted by molar-refractivity contribution is 5.93. The van der Waals surface area contributed by atoms with E-state index in [4.69, 9.17) is 26.0 Å². The molecule has 200 valence electrons. The Hall–Kier alpha value is -4.93. The third-order valence-electron chi connectivity index (χ3n) is 7.46. The van der Waals surface area contributed by atoms with Crippen molar-refractivity contribution in [3.05, 3.63) is 76.8 Å². The van der Waals surface area contributed by atoms with E-state index in [0.717, 1.165) is 49.2 Å². The molecule has 0 radical (unpaired) electrons.